The van der Waals surface area contributed by atoms with Gasteiger partial charge in [-0.3, -0.25) is 4.79 Å². The van der Waals surface area contributed by atoms with E-state index in [1.165, 1.54) is 0 Å². The molecule has 3 heteroatoms. The molecule has 0 fully saturated rings. The summed E-state index contributed by atoms with van der Waals surface area (Å²) in [5, 5.41) is 3.30. The molecule has 0 saturated carbocycles. The van der Waals surface area contributed by atoms with Crippen molar-refractivity contribution in [2.24, 2.45) is 0 Å². The highest BCUT2D eigenvalue weighted by molar-refractivity contribution is 5.76. The Balaban J connectivity index is 3.64. The molecule has 0 aromatic rings. The molecule has 84 valence electrons. The van der Waals surface area contributed by atoms with Crippen molar-refractivity contribution in [1.82, 2.24) is 10.2 Å². The van der Waals surface area contributed by atoms with Crippen molar-refractivity contribution < 1.29 is 4.79 Å². The molecular formula is C11H24N2O. The minimum Gasteiger partial charge on any atom is -0.346 e. The first-order valence-electron chi connectivity index (χ1n) is 5.36. The first-order chi connectivity index (χ1) is 6.37. The number of hydrogen-bond acceptors (Lipinski definition) is 2. The van der Waals surface area contributed by atoms with Gasteiger partial charge in [0.2, 0.25) is 5.91 Å². The summed E-state index contributed by atoms with van der Waals surface area (Å²) in [6, 6.07) is 0. The lowest BCUT2D eigenvalue weighted by Gasteiger charge is -2.21. The van der Waals surface area contributed by atoms with Crippen LogP contribution in [0.1, 0.15) is 40.5 Å². The van der Waals surface area contributed by atoms with Crippen LogP contribution in [0, 0.1) is 0 Å². The first-order valence-corrected chi connectivity index (χ1v) is 5.36. The van der Waals surface area contributed by atoms with Crippen LogP contribution in [0.3, 0.4) is 0 Å². The largest absolute Gasteiger partial charge is 0.346 e. The van der Waals surface area contributed by atoms with Crippen molar-refractivity contribution in [3.8, 4) is 0 Å². The van der Waals surface area contributed by atoms with E-state index >= 15 is 0 Å². The predicted molar refractivity (Wildman–Crippen MR) is 60.3 cm³/mol. The molecule has 0 aromatic heterocycles. The molecule has 0 rings (SSSR count). The predicted octanol–water partition coefficient (Wildman–Crippen LogP) is 1.63. The summed E-state index contributed by atoms with van der Waals surface area (Å²) in [6.45, 7) is 10.0. The van der Waals surface area contributed by atoms with Crippen LogP contribution in [-0.4, -0.2) is 36.5 Å². The Bertz CT molecular complexity index is 173. The zero-order valence-corrected chi connectivity index (χ0v) is 10.2. The number of amides is 1. The fourth-order valence-electron chi connectivity index (χ4n) is 1.20. The standard InChI is InChI=1S/C11H24N2O/c1-6-9-13(5)10(14)7-8-12-11(2,3)4/h12H,6-9H2,1-5H3. The quantitative estimate of drug-likeness (QED) is 0.731. The Morgan fingerprint density at radius 2 is 1.93 bits per heavy atom. The van der Waals surface area contributed by atoms with Gasteiger partial charge in [-0.15, -0.1) is 0 Å². The number of carbonyl (C=O) groups is 1. The molecule has 0 aliphatic rings. The summed E-state index contributed by atoms with van der Waals surface area (Å²) in [7, 11) is 1.86. The van der Waals surface area contributed by atoms with E-state index < -0.39 is 0 Å². The van der Waals surface area contributed by atoms with E-state index in [2.05, 4.69) is 33.0 Å². The van der Waals surface area contributed by atoms with Gasteiger partial charge in [-0.05, 0) is 27.2 Å². The summed E-state index contributed by atoms with van der Waals surface area (Å²) >= 11 is 0. The molecule has 0 aromatic carbocycles. The molecular weight excluding hydrogens is 176 g/mol. The van der Waals surface area contributed by atoms with Gasteiger partial charge in [0, 0.05) is 32.1 Å². The summed E-state index contributed by atoms with van der Waals surface area (Å²) in [5.41, 5.74) is 0.101. The maximum atomic E-state index is 11.5. The van der Waals surface area contributed by atoms with Gasteiger partial charge in [0.15, 0.2) is 0 Å². The van der Waals surface area contributed by atoms with Crippen molar-refractivity contribution in [3.05, 3.63) is 0 Å². The highest BCUT2D eigenvalue weighted by Crippen LogP contribution is 1.99. The average molecular weight is 200 g/mol. The molecule has 0 unspecified atom stereocenters. The minimum absolute atomic E-state index is 0.101. The molecule has 14 heavy (non-hydrogen) atoms. The number of nitrogens with zero attached hydrogens (tertiary/aromatic N) is 1. The molecule has 1 amide bonds. The summed E-state index contributed by atoms with van der Waals surface area (Å²) < 4.78 is 0. The van der Waals surface area contributed by atoms with Crippen LogP contribution in [0.15, 0.2) is 0 Å². The first kappa shape index (κ1) is 13.4. The van der Waals surface area contributed by atoms with Crippen molar-refractivity contribution in [2.45, 2.75) is 46.1 Å². The smallest absolute Gasteiger partial charge is 0.223 e. The second-order valence-corrected chi connectivity index (χ2v) is 4.74. The number of hydrogen-bond donors (Lipinski definition) is 1. The zero-order valence-electron chi connectivity index (χ0n) is 10.2. The maximum absolute atomic E-state index is 11.5. The van der Waals surface area contributed by atoms with Gasteiger partial charge in [0.25, 0.3) is 0 Å². The molecule has 0 aliphatic carbocycles. The Hall–Kier alpha value is -0.570. The highest BCUT2D eigenvalue weighted by atomic mass is 16.2. The van der Waals surface area contributed by atoms with Crippen molar-refractivity contribution >= 4 is 5.91 Å². The van der Waals surface area contributed by atoms with Gasteiger partial charge in [-0.25, -0.2) is 0 Å². The Labute approximate surface area is 87.9 Å². The molecule has 1 N–H and O–H groups in total. The fraction of sp³-hybridized carbons (Fsp3) is 0.909. The number of nitrogens with one attached hydrogen (secondary N) is 1. The lowest BCUT2D eigenvalue weighted by molar-refractivity contribution is -0.129. The van der Waals surface area contributed by atoms with Gasteiger partial charge in [0.05, 0.1) is 0 Å². The molecule has 0 bridgehead atoms. The van der Waals surface area contributed by atoms with Crippen LogP contribution < -0.4 is 5.32 Å². The molecule has 0 aliphatic heterocycles. The zero-order chi connectivity index (χ0) is 11.2. The summed E-state index contributed by atoms with van der Waals surface area (Å²) in [6.07, 6.45) is 1.61. The molecule has 0 spiro atoms. The van der Waals surface area contributed by atoms with E-state index in [-0.39, 0.29) is 11.4 Å². The summed E-state index contributed by atoms with van der Waals surface area (Å²) in [5.74, 6) is 0.226. The Morgan fingerprint density at radius 3 is 2.36 bits per heavy atom. The van der Waals surface area contributed by atoms with Crippen LogP contribution in [0.5, 0.6) is 0 Å². The molecule has 3 nitrogen and oxygen atoms in total. The van der Waals surface area contributed by atoms with Crippen LogP contribution >= 0.6 is 0 Å². The Kier molecular flexibility index (Phi) is 5.77. The lowest BCUT2D eigenvalue weighted by atomic mass is 10.1. The lowest BCUT2D eigenvalue weighted by Crippen LogP contribution is -2.39. The topological polar surface area (TPSA) is 32.3 Å². The normalized spacial score (nSPS) is 11.5. The second-order valence-electron chi connectivity index (χ2n) is 4.74. The fourth-order valence-corrected chi connectivity index (χ4v) is 1.20. The average Bonchev–Trinajstić information content (AvgIpc) is 2.02. The number of carbonyl (C=O) groups excluding carboxylic acids is 1. The van der Waals surface area contributed by atoms with E-state index in [0.29, 0.717) is 6.42 Å². The molecule has 0 atom stereocenters. The van der Waals surface area contributed by atoms with Gasteiger partial charge in [0.1, 0.15) is 0 Å². The van der Waals surface area contributed by atoms with Crippen LogP contribution in [-0.2, 0) is 4.79 Å². The second kappa shape index (κ2) is 6.02. The van der Waals surface area contributed by atoms with E-state index in [4.69, 9.17) is 0 Å². The van der Waals surface area contributed by atoms with Gasteiger partial charge in [-0.2, -0.15) is 0 Å². The van der Waals surface area contributed by atoms with Crippen molar-refractivity contribution in [1.29, 1.82) is 0 Å². The van der Waals surface area contributed by atoms with Gasteiger partial charge < -0.3 is 10.2 Å². The Morgan fingerprint density at radius 1 is 1.36 bits per heavy atom. The summed E-state index contributed by atoms with van der Waals surface area (Å²) in [4.78, 5) is 13.3. The third-order valence-electron chi connectivity index (χ3n) is 1.98. The van der Waals surface area contributed by atoms with Crippen molar-refractivity contribution in [2.75, 3.05) is 20.1 Å². The minimum atomic E-state index is 0.101. The van der Waals surface area contributed by atoms with E-state index in [1.54, 1.807) is 4.90 Å². The van der Waals surface area contributed by atoms with Gasteiger partial charge in [-0.1, -0.05) is 6.92 Å². The van der Waals surface area contributed by atoms with E-state index in [9.17, 15) is 4.79 Å². The van der Waals surface area contributed by atoms with Gasteiger partial charge >= 0.3 is 0 Å². The molecule has 0 radical (unpaired) electrons. The van der Waals surface area contributed by atoms with E-state index in [1.807, 2.05) is 7.05 Å². The third-order valence-corrected chi connectivity index (χ3v) is 1.98. The molecule has 0 heterocycles. The van der Waals surface area contributed by atoms with Crippen LogP contribution in [0.4, 0.5) is 0 Å². The highest BCUT2D eigenvalue weighted by Gasteiger charge is 2.11. The van der Waals surface area contributed by atoms with Crippen LogP contribution in [0.2, 0.25) is 0 Å². The third kappa shape index (κ3) is 6.89. The molecule has 0 saturated heterocycles. The van der Waals surface area contributed by atoms with Crippen molar-refractivity contribution in [3.63, 3.8) is 0 Å². The monoisotopic (exact) mass is 200 g/mol. The van der Waals surface area contributed by atoms with E-state index in [0.717, 1.165) is 19.5 Å². The van der Waals surface area contributed by atoms with Crippen LogP contribution in [0.25, 0.3) is 0 Å². The maximum Gasteiger partial charge on any atom is 0.223 e. The number of rotatable bonds is 5. The SMILES string of the molecule is CCCN(C)C(=O)CCNC(C)(C)C.